The van der Waals surface area contributed by atoms with E-state index in [1.165, 1.54) is 17.7 Å². The molecule has 2 rings (SSSR count). The van der Waals surface area contributed by atoms with Crippen molar-refractivity contribution in [1.82, 2.24) is 14.5 Å². The summed E-state index contributed by atoms with van der Waals surface area (Å²) in [7, 11) is 3.14. The average Bonchev–Trinajstić information content (AvgIpc) is 2.42. The van der Waals surface area contributed by atoms with Crippen molar-refractivity contribution in [3.05, 3.63) is 66.9 Å². The minimum atomic E-state index is -0.309. The number of hydrogen-bond donors (Lipinski definition) is 1. The highest BCUT2D eigenvalue weighted by molar-refractivity contribution is 9.10. The Balaban J connectivity index is 2.09. The zero-order chi connectivity index (χ0) is 14.7. The van der Waals surface area contributed by atoms with Crippen LogP contribution < -0.4 is 16.6 Å². The molecule has 1 aromatic heterocycles. The minimum Gasteiger partial charge on any atom is -0.307 e. The van der Waals surface area contributed by atoms with E-state index in [0.717, 1.165) is 14.6 Å². The second-order valence-corrected chi connectivity index (χ2v) is 5.52. The normalized spacial score (nSPS) is 10.8. The quantitative estimate of drug-likeness (QED) is 0.910. The number of rotatable bonds is 4. The van der Waals surface area contributed by atoms with Crippen molar-refractivity contribution >= 4 is 15.9 Å². The van der Waals surface area contributed by atoms with Crippen LogP contribution in [-0.2, 0) is 27.2 Å². The van der Waals surface area contributed by atoms with Gasteiger partial charge in [0.05, 0.1) is 0 Å². The minimum absolute atomic E-state index is 0.285. The Hall–Kier alpha value is -1.66. The van der Waals surface area contributed by atoms with Gasteiger partial charge in [0.1, 0.15) is 0 Å². The molecule has 2 aromatic rings. The van der Waals surface area contributed by atoms with Crippen molar-refractivity contribution in [1.29, 1.82) is 0 Å². The van der Waals surface area contributed by atoms with Gasteiger partial charge in [-0.15, -0.1) is 0 Å². The summed E-state index contributed by atoms with van der Waals surface area (Å²) in [6.45, 7) is 1.14. The van der Waals surface area contributed by atoms with Gasteiger partial charge in [0.25, 0.3) is 5.56 Å². The fourth-order valence-electron chi connectivity index (χ4n) is 1.93. The second-order valence-electron chi connectivity index (χ2n) is 4.61. The summed E-state index contributed by atoms with van der Waals surface area (Å²) in [5.41, 5.74) is 1.21. The van der Waals surface area contributed by atoms with Crippen molar-refractivity contribution in [3.63, 3.8) is 0 Å². The smallest absolute Gasteiger partial charge is 0.307 e. The molecular formula is C14H16BrN3O2. The van der Waals surface area contributed by atoms with Gasteiger partial charge in [0.15, 0.2) is 0 Å². The van der Waals surface area contributed by atoms with Crippen LogP contribution in [0, 0.1) is 0 Å². The monoisotopic (exact) mass is 337 g/mol. The summed E-state index contributed by atoms with van der Waals surface area (Å²) in [6.07, 6.45) is 0. The molecule has 0 spiro atoms. The van der Waals surface area contributed by atoms with Crippen molar-refractivity contribution in [2.24, 2.45) is 14.1 Å². The maximum absolute atomic E-state index is 11.8. The lowest BCUT2D eigenvalue weighted by Gasteiger charge is -2.10. The Morgan fingerprint density at radius 2 is 1.85 bits per heavy atom. The Labute approximate surface area is 125 Å². The first-order valence-electron chi connectivity index (χ1n) is 6.20. The zero-order valence-corrected chi connectivity index (χ0v) is 13.0. The highest BCUT2D eigenvalue weighted by Crippen LogP contribution is 2.11. The fourth-order valence-corrected chi connectivity index (χ4v) is 2.38. The molecule has 0 saturated carbocycles. The summed E-state index contributed by atoms with van der Waals surface area (Å²) >= 11 is 3.42. The Kier molecular flexibility index (Phi) is 4.57. The van der Waals surface area contributed by atoms with E-state index in [0.29, 0.717) is 18.8 Å². The molecule has 1 heterocycles. The van der Waals surface area contributed by atoms with Crippen molar-refractivity contribution < 1.29 is 0 Å². The molecule has 0 aliphatic rings. The maximum Gasteiger partial charge on any atom is 0.330 e. The molecule has 0 saturated heterocycles. The molecule has 0 bridgehead atoms. The third-order valence-electron chi connectivity index (χ3n) is 3.15. The summed E-state index contributed by atoms with van der Waals surface area (Å²) in [5.74, 6) is 0. The molecule has 0 fully saturated rings. The van der Waals surface area contributed by atoms with Crippen LogP contribution in [-0.4, -0.2) is 9.13 Å². The first-order valence-corrected chi connectivity index (χ1v) is 6.99. The predicted molar refractivity (Wildman–Crippen MR) is 81.6 cm³/mol. The van der Waals surface area contributed by atoms with Gasteiger partial charge < -0.3 is 5.32 Å². The largest absolute Gasteiger partial charge is 0.330 e. The summed E-state index contributed by atoms with van der Waals surface area (Å²) in [4.78, 5) is 23.4. The number of benzene rings is 1. The molecular weight excluding hydrogens is 322 g/mol. The van der Waals surface area contributed by atoms with Crippen LogP contribution in [0.15, 0.2) is 44.4 Å². The van der Waals surface area contributed by atoms with Crippen LogP contribution in [0.5, 0.6) is 0 Å². The first-order chi connectivity index (χ1) is 9.49. The standard InChI is InChI=1S/C14H16BrN3O2/c1-17-12(7-13(19)18(2)14(17)20)9-16-8-10-4-3-5-11(15)6-10/h3-7,16H,8-9H2,1-2H3. The SMILES string of the molecule is Cn1c(CNCc2cccc(Br)c2)cc(=O)n(C)c1=O. The van der Waals surface area contributed by atoms with Crippen LogP contribution >= 0.6 is 15.9 Å². The number of hydrogen-bond acceptors (Lipinski definition) is 3. The van der Waals surface area contributed by atoms with Crippen LogP contribution in [0.25, 0.3) is 0 Å². The van der Waals surface area contributed by atoms with E-state index in [9.17, 15) is 9.59 Å². The molecule has 1 aromatic carbocycles. The zero-order valence-electron chi connectivity index (χ0n) is 11.4. The number of aromatic nitrogens is 2. The molecule has 6 heteroatoms. The topological polar surface area (TPSA) is 56.0 Å². The Bertz CT molecular complexity index is 734. The Morgan fingerprint density at radius 3 is 2.55 bits per heavy atom. The third kappa shape index (κ3) is 3.26. The van der Waals surface area contributed by atoms with E-state index in [1.54, 1.807) is 7.05 Å². The van der Waals surface area contributed by atoms with Crippen LogP contribution in [0.2, 0.25) is 0 Å². The first kappa shape index (κ1) is 14.7. The number of halogens is 1. The van der Waals surface area contributed by atoms with Gasteiger partial charge in [-0.05, 0) is 17.7 Å². The predicted octanol–water partition coefficient (Wildman–Crippen LogP) is 1.14. The molecule has 0 radical (unpaired) electrons. The number of nitrogens with zero attached hydrogens (tertiary/aromatic N) is 2. The molecule has 5 nitrogen and oxygen atoms in total. The van der Waals surface area contributed by atoms with E-state index in [1.807, 2.05) is 24.3 Å². The van der Waals surface area contributed by atoms with Gasteiger partial charge >= 0.3 is 5.69 Å². The van der Waals surface area contributed by atoms with Crippen molar-refractivity contribution in [3.8, 4) is 0 Å². The average molecular weight is 338 g/mol. The molecule has 0 atom stereocenters. The molecule has 0 amide bonds. The Morgan fingerprint density at radius 1 is 1.10 bits per heavy atom. The van der Waals surface area contributed by atoms with Gasteiger partial charge in [-0.25, -0.2) is 4.79 Å². The molecule has 106 valence electrons. The summed E-state index contributed by atoms with van der Waals surface area (Å²) in [6, 6.07) is 9.45. The van der Waals surface area contributed by atoms with E-state index < -0.39 is 0 Å². The van der Waals surface area contributed by atoms with E-state index >= 15 is 0 Å². The van der Waals surface area contributed by atoms with Crippen LogP contribution in [0.3, 0.4) is 0 Å². The van der Waals surface area contributed by atoms with Gasteiger partial charge in [-0.1, -0.05) is 28.1 Å². The summed E-state index contributed by atoms with van der Waals surface area (Å²) in [5, 5.41) is 3.23. The molecule has 1 N–H and O–H groups in total. The molecule has 20 heavy (non-hydrogen) atoms. The fraction of sp³-hybridized carbons (Fsp3) is 0.286. The lowest BCUT2D eigenvalue weighted by atomic mass is 10.2. The number of nitrogens with one attached hydrogen (secondary N) is 1. The molecule has 0 aliphatic carbocycles. The lowest BCUT2D eigenvalue weighted by Crippen LogP contribution is -2.38. The highest BCUT2D eigenvalue weighted by atomic mass is 79.9. The van der Waals surface area contributed by atoms with Crippen LogP contribution in [0.4, 0.5) is 0 Å². The van der Waals surface area contributed by atoms with Gasteiger partial charge in [0, 0.05) is 43.4 Å². The van der Waals surface area contributed by atoms with E-state index in [-0.39, 0.29) is 11.2 Å². The molecule has 0 aliphatic heterocycles. The van der Waals surface area contributed by atoms with Gasteiger partial charge in [-0.3, -0.25) is 13.9 Å². The summed E-state index contributed by atoms with van der Waals surface area (Å²) < 4.78 is 3.60. The highest BCUT2D eigenvalue weighted by Gasteiger charge is 2.05. The second kappa shape index (κ2) is 6.19. The van der Waals surface area contributed by atoms with Crippen molar-refractivity contribution in [2.45, 2.75) is 13.1 Å². The molecule has 0 unspecified atom stereocenters. The van der Waals surface area contributed by atoms with Gasteiger partial charge in [0.2, 0.25) is 0 Å². The van der Waals surface area contributed by atoms with Gasteiger partial charge in [-0.2, -0.15) is 0 Å². The van der Waals surface area contributed by atoms with E-state index in [4.69, 9.17) is 0 Å². The van der Waals surface area contributed by atoms with Crippen molar-refractivity contribution in [2.75, 3.05) is 0 Å². The lowest BCUT2D eigenvalue weighted by molar-refractivity contribution is 0.600. The van der Waals surface area contributed by atoms with Crippen LogP contribution in [0.1, 0.15) is 11.3 Å². The van der Waals surface area contributed by atoms with E-state index in [2.05, 4.69) is 21.2 Å². The maximum atomic E-state index is 11.8. The third-order valence-corrected chi connectivity index (χ3v) is 3.64.